The Morgan fingerprint density at radius 2 is 2.31 bits per heavy atom. The lowest BCUT2D eigenvalue weighted by Crippen LogP contribution is -2.31. The molecule has 1 aliphatic heterocycles. The molecule has 1 heterocycles. The maximum atomic E-state index is 11.4. The first kappa shape index (κ1) is 11.0. The zero-order valence-electron chi connectivity index (χ0n) is 8.77. The highest BCUT2D eigenvalue weighted by atomic mass is 32.2. The number of hydrogen-bond donors (Lipinski definition) is 1. The van der Waals surface area contributed by atoms with Crippen LogP contribution in [0.2, 0.25) is 0 Å². The lowest BCUT2D eigenvalue weighted by Gasteiger charge is -2.25. The minimum absolute atomic E-state index is 0.0193. The second-order valence-electron chi connectivity index (χ2n) is 3.61. The van der Waals surface area contributed by atoms with Crippen LogP contribution >= 0.6 is 11.8 Å². The number of fused-ring (bicyclic) bond motifs is 1. The van der Waals surface area contributed by atoms with Gasteiger partial charge in [0.2, 0.25) is 5.91 Å². The number of carboxylic acid groups (broad SMARTS) is 1. The van der Waals surface area contributed by atoms with Crippen LogP contribution in [0.3, 0.4) is 0 Å². The van der Waals surface area contributed by atoms with Gasteiger partial charge in [-0.05, 0) is 17.7 Å². The standard InChI is InChI=1S/C11H11NO3S/c1-12-8-3-2-7(5-11(14)15)4-9(8)16-6-10(12)13/h2-4H,5-6H2,1H3,(H,14,15). The van der Waals surface area contributed by atoms with Crippen LogP contribution in [-0.2, 0) is 16.0 Å². The zero-order valence-corrected chi connectivity index (χ0v) is 9.58. The highest BCUT2D eigenvalue weighted by Gasteiger charge is 2.21. The van der Waals surface area contributed by atoms with Gasteiger partial charge in [0.1, 0.15) is 0 Å². The molecule has 0 radical (unpaired) electrons. The van der Waals surface area contributed by atoms with Crippen LogP contribution in [0.15, 0.2) is 23.1 Å². The predicted octanol–water partition coefficient (Wildman–Crippen LogP) is 1.38. The smallest absolute Gasteiger partial charge is 0.307 e. The number of carbonyl (C=O) groups is 2. The van der Waals surface area contributed by atoms with Crippen molar-refractivity contribution in [2.24, 2.45) is 0 Å². The van der Waals surface area contributed by atoms with E-state index in [0.29, 0.717) is 5.75 Å². The first-order chi connectivity index (χ1) is 7.58. The number of rotatable bonds is 2. The molecule has 16 heavy (non-hydrogen) atoms. The number of carboxylic acids is 1. The van der Waals surface area contributed by atoms with Gasteiger partial charge >= 0.3 is 5.97 Å². The van der Waals surface area contributed by atoms with E-state index in [-0.39, 0.29) is 12.3 Å². The van der Waals surface area contributed by atoms with Gasteiger partial charge in [0.15, 0.2) is 0 Å². The number of thioether (sulfide) groups is 1. The van der Waals surface area contributed by atoms with E-state index in [1.807, 2.05) is 6.07 Å². The molecule has 2 rings (SSSR count). The van der Waals surface area contributed by atoms with Crippen LogP contribution in [0.4, 0.5) is 5.69 Å². The van der Waals surface area contributed by atoms with Crippen LogP contribution in [0.25, 0.3) is 0 Å². The molecule has 1 amide bonds. The van der Waals surface area contributed by atoms with E-state index in [1.54, 1.807) is 24.1 Å². The molecule has 0 spiro atoms. The Hall–Kier alpha value is -1.49. The monoisotopic (exact) mass is 237 g/mol. The van der Waals surface area contributed by atoms with E-state index >= 15 is 0 Å². The lowest BCUT2D eigenvalue weighted by atomic mass is 10.1. The maximum absolute atomic E-state index is 11.4. The fourth-order valence-corrected chi connectivity index (χ4v) is 2.67. The van der Waals surface area contributed by atoms with Crippen molar-refractivity contribution in [2.75, 3.05) is 17.7 Å². The summed E-state index contributed by atoms with van der Waals surface area (Å²) in [5.41, 5.74) is 1.62. The average Bonchev–Trinajstić information content (AvgIpc) is 2.23. The molecule has 1 N–H and O–H groups in total. The van der Waals surface area contributed by atoms with E-state index in [4.69, 9.17) is 5.11 Å². The topological polar surface area (TPSA) is 57.6 Å². The SMILES string of the molecule is CN1C(=O)CSc2cc(CC(=O)O)ccc21. The number of aliphatic carboxylic acids is 1. The molecule has 0 bridgehead atoms. The third-order valence-corrected chi connectivity index (χ3v) is 3.50. The van der Waals surface area contributed by atoms with Crippen molar-refractivity contribution in [3.8, 4) is 0 Å². The van der Waals surface area contributed by atoms with E-state index in [1.165, 1.54) is 11.8 Å². The van der Waals surface area contributed by atoms with Crippen LogP contribution in [-0.4, -0.2) is 29.8 Å². The Balaban J connectivity index is 2.33. The molecule has 0 saturated heterocycles. The number of hydrogen-bond acceptors (Lipinski definition) is 3. The van der Waals surface area contributed by atoms with Crippen LogP contribution in [0.5, 0.6) is 0 Å². The summed E-state index contributed by atoms with van der Waals surface area (Å²) in [6, 6.07) is 5.40. The molecule has 5 heteroatoms. The van der Waals surface area contributed by atoms with Gasteiger partial charge in [-0.3, -0.25) is 9.59 Å². The Morgan fingerprint density at radius 1 is 1.56 bits per heavy atom. The molecule has 1 aromatic rings. The van der Waals surface area contributed by atoms with E-state index in [2.05, 4.69) is 0 Å². The Kier molecular flexibility index (Phi) is 2.87. The summed E-state index contributed by atoms with van der Waals surface area (Å²) in [7, 11) is 1.73. The quantitative estimate of drug-likeness (QED) is 0.844. The highest BCUT2D eigenvalue weighted by Crippen LogP contribution is 2.35. The highest BCUT2D eigenvalue weighted by molar-refractivity contribution is 8.00. The Bertz CT molecular complexity index is 459. The van der Waals surface area contributed by atoms with Gasteiger partial charge in [-0.15, -0.1) is 11.8 Å². The lowest BCUT2D eigenvalue weighted by molar-refractivity contribution is -0.136. The fourth-order valence-electron chi connectivity index (χ4n) is 1.61. The minimum atomic E-state index is -0.842. The Morgan fingerprint density at radius 3 is 3.00 bits per heavy atom. The van der Waals surface area contributed by atoms with E-state index < -0.39 is 5.97 Å². The van der Waals surface area contributed by atoms with Gasteiger partial charge in [0, 0.05) is 11.9 Å². The normalized spacial score (nSPS) is 14.8. The molecule has 1 aliphatic rings. The number of nitrogens with zero attached hydrogens (tertiary/aromatic N) is 1. The van der Waals surface area contributed by atoms with Crippen molar-refractivity contribution >= 4 is 29.3 Å². The van der Waals surface area contributed by atoms with Crippen LogP contribution in [0, 0.1) is 0 Å². The summed E-state index contributed by atoms with van der Waals surface area (Å²) >= 11 is 1.46. The van der Waals surface area contributed by atoms with Gasteiger partial charge in [0.25, 0.3) is 0 Å². The average molecular weight is 237 g/mol. The third kappa shape index (κ3) is 2.04. The molecular formula is C11H11NO3S. The fraction of sp³-hybridized carbons (Fsp3) is 0.273. The third-order valence-electron chi connectivity index (χ3n) is 2.47. The van der Waals surface area contributed by atoms with Gasteiger partial charge < -0.3 is 10.0 Å². The second kappa shape index (κ2) is 4.17. The maximum Gasteiger partial charge on any atom is 0.307 e. The predicted molar refractivity (Wildman–Crippen MR) is 61.9 cm³/mol. The van der Waals surface area contributed by atoms with Crippen molar-refractivity contribution in [3.63, 3.8) is 0 Å². The zero-order chi connectivity index (χ0) is 11.7. The number of carbonyl (C=O) groups excluding carboxylic acids is 1. The van der Waals surface area contributed by atoms with Crippen molar-refractivity contribution in [2.45, 2.75) is 11.3 Å². The molecular weight excluding hydrogens is 226 g/mol. The minimum Gasteiger partial charge on any atom is -0.481 e. The molecule has 0 aliphatic carbocycles. The van der Waals surface area contributed by atoms with Gasteiger partial charge in [-0.1, -0.05) is 6.07 Å². The van der Waals surface area contributed by atoms with Crippen LogP contribution in [0.1, 0.15) is 5.56 Å². The molecule has 4 nitrogen and oxygen atoms in total. The van der Waals surface area contributed by atoms with Crippen LogP contribution < -0.4 is 4.90 Å². The van der Waals surface area contributed by atoms with E-state index in [0.717, 1.165) is 16.1 Å². The molecule has 0 unspecified atom stereocenters. The largest absolute Gasteiger partial charge is 0.481 e. The van der Waals surface area contributed by atoms with E-state index in [9.17, 15) is 9.59 Å². The van der Waals surface area contributed by atoms with Gasteiger partial charge in [-0.25, -0.2) is 0 Å². The summed E-state index contributed by atoms with van der Waals surface area (Å²) in [5.74, 6) is -0.353. The number of amides is 1. The molecule has 0 fully saturated rings. The summed E-state index contributed by atoms with van der Waals surface area (Å²) in [6.07, 6.45) is 0.0193. The second-order valence-corrected chi connectivity index (χ2v) is 4.63. The molecule has 0 atom stereocenters. The summed E-state index contributed by atoms with van der Waals surface area (Å²) in [6.45, 7) is 0. The molecule has 84 valence electrons. The molecule has 0 aromatic heterocycles. The first-order valence-corrected chi connectivity index (χ1v) is 5.80. The van der Waals surface area contributed by atoms with Gasteiger partial charge in [0.05, 0.1) is 17.9 Å². The number of benzene rings is 1. The van der Waals surface area contributed by atoms with Crippen molar-refractivity contribution in [1.82, 2.24) is 0 Å². The molecule has 1 aromatic carbocycles. The van der Waals surface area contributed by atoms with Crippen molar-refractivity contribution in [3.05, 3.63) is 23.8 Å². The first-order valence-electron chi connectivity index (χ1n) is 4.82. The Labute approximate surface area is 97.3 Å². The van der Waals surface area contributed by atoms with Gasteiger partial charge in [-0.2, -0.15) is 0 Å². The van der Waals surface area contributed by atoms with Crippen molar-refractivity contribution in [1.29, 1.82) is 0 Å². The summed E-state index contributed by atoms with van der Waals surface area (Å²) < 4.78 is 0. The summed E-state index contributed by atoms with van der Waals surface area (Å²) in [4.78, 5) is 24.6. The molecule has 0 saturated carbocycles. The summed E-state index contributed by atoms with van der Waals surface area (Å²) in [5, 5.41) is 8.69. The van der Waals surface area contributed by atoms with Crippen molar-refractivity contribution < 1.29 is 14.7 Å². The number of anilines is 1.